The molecule has 114 valence electrons. The second-order valence-corrected chi connectivity index (χ2v) is 5.00. The molecule has 1 aromatic rings. The summed E-state index contributed by atoms with van der Waals surface area (Å²) in [4.78, 5) is 23.3. The SMILES string of the molecule is COCC[C@H](NC(=O)[C@H]1COc2ccccc2C1)C(=O)O. The number of carboxylic acid groups (broad SMARTS) is 1. The van der Waals surface area contributed by atoms with Crippen LogP contribution in [0.25, 0.3) is 0 Å². The largest absolute Gasteiger partial charge is 0.492 e. The van der Waals surface area contributed by atoms with E-state index in [1.165, 1.54) is 7.11 Å². The maximum Gasteiger partial charge on any atom is 0.326 e. The van der Waals surface area contributed by atoms with Gasteiger partial charge in [0, 0.05) is 20.1 Å². The number of hydrogen-bond donors (Lipinski definition) is 2. The van der Waals surface area contributed by atoms with E-state index in [9.17, 15) is 9.59 Å². The molecular formula is C15H19NO5. The first-order valence-electron chi connectivity index (χ1n) is 6.84. The summed E-state index contributed by atoms with van der Waals surface area (Å²) in [5.41, 5.74) is 0.965. The number of nitrogens with one attached hydrogen (secondary N) is 1. The maximum absolute atomic E-state index is 12.2. The van der Waals surface area contributed by atoms with Gasteiger partial charge in [-0.2, -0.15) is 0 Å². The third kappa shape index (κ3) is 3.95. The van der Waals surface area contributed by atoms with Gasteiger partial charge in [0.05, 0.1) is 5.92 Å². The lowest BCUT2D eigenvalue weighted by Gasteiger charge is -2.25. The minimum atomic E-state index is -1.06. The Balaban J connectivity index is 1.96. The molecule has 1 aliphatic heterocycles. The number of rotatable bonds is 6. The quantitative estimate of drug-likeness (QED) is 0.812. The Morgan fingerprint density at radius 3 is 2.95 bits per heavy atom. The standard InChI is InChI=1S/C15H19NO5/c1-20-7-6-12(15(18)19)16-14(17)11-8-10-4-2-3-5-13(10)21-9-11/h2-5,11-12H,6-9H2,1H3,(H,16,17)(H,18,19)/t11-,12+/m1/s1. The molecule has 21 heavy (non-hydrogen) atoms. The Labute approximate surface area is 123 Å². The number of ether oxygens (including phenoxy) is 2. The van der Waals surface area contributed by atoms with Crippen molar-refractivity contribution in [1.82, 2.24) is 5.32 Å². The van der Waals surface area contributed by atoms with E-state index in [1.54, 1.807) is 0 Å². The van der Waals surface area contributed by atoms with E-state index >= 15 is 0 Å². The molecule has 0 saturated heterocycles. The molecule has 0 aliphatic carbocycles. The third-order valence-corrected chi connectivity index (χ3v) is 3.47. The fourth-order valence-corrected chi connectivity index (χ4v) is 2.28. The molecule has 0 saturated carbocycles. The van der Waals surface area contributed by atoms with Gasteiger partial charge in [-0.15, -0.1) is 0 Å². The monoisotopic (exact) mass is 293 g/mol. The number of carbonyl (C=O) groups is 2. The predicted octanol–water partition coefficient (Wildman–Crippen LogP) is 0.844. The summed E-state index contributed by atoms with van der Waals surface area (Å²) in [6.07, 6.45) is 0.792. The van der Waals surface area contributed by atoms with Crippen LogP contribution in [0.15, 0.2) is 24.3 Å². The Kier molecular flexibility index (Phi) is 5.16. The highest BCUT2D eigenvalue weighted by Crippen LogP contribution is 2.26. The van der Waals surface area contributed by atoms with E-state index < -0.39 is 12.0 Å². The van der Waals surface area contributed by atoms with Crippen LogP contribution in [0.4, 0.5) is 0 Å². The second kappa shape index (κ2) is 7.08. The van der Waals surface area contributed by atoms with E-state index in [-0.39, 0.29) is 31.5 Å². The summed E-state index contributed by atoms with van der Waals surface area (Å²) in [6, 6.07) is 6.61. The average Bonchev–Trinajstić information content (AvgIpc) is 2.50. The molecule has 0 radical (unpaired) electrons. The lowest BCUT2D eigenvalue weighted by Crippen LogP contribution is -2.46. The smallest absolute Gasteiger partial charge is 0.326 e. The highest BCUT2D eigenvalue weighted by molar-refractivity contribution is 5.85. The molecule has 0 spiro atoms. The summed E-state index contributed by atoms with van der Waals surface area (Å²) >= 11 is 0. The normalized spacial score (nSPS) is 18.2. The highest BCUT2D eigenvalue weighted by Gasteiger charge is 2.29. The molecule has 2 atom stereocenters. The van der Waals surface area contributed by atoms with E-state index in [2.05, 4.69) is 5.32 Å². The molecule has 2 rings (SSSR count). The number of benzene rings is 1. The molecular weight excluding hydrogens is 274 g/mol. The van der Waals surface area contributed by atoms with Gasteiger partial charge in [0.25, 0.3) is 0 Å². The van der Waals surface area contributed by atoms with Crippen LogP contribution in [0.1, 0.15) is 12.0 Å². The van der Waals surface area contributed by atoms with Crippen LogP contribution in [0.5, 0.6) is 5.75 Å². The number of aliphatic carboxylic acids is 1. The lowest BCUT2D eigenvalue weighted by molar-refractivity contribution is -0.143. The summed E-state index contributed by atoms with van der Waals surface area (Å²) < 4.78 is 10.4. The van der Waals surface area contributed by atoms with Gasteiger partial charge >= 0.3 is 5.97 Å². The van der Waals surface area contributed by atoms with Gasteiger partial charge in [-0.05, 0) is 18.1 Å². The third-order valence-electron chi connectivity index (χ3n) is 3.47. The van der Waals surface area contributed by atoms with E-state index in [0.29, 0.717) is 6.42 Å². The Hall–Kier alpha value is -2.08. The van der Waals surface area contributed by atoms with Crippen molar-refractivity contribution >= 4 is 11.9 Å². The molecule has 2 N–H and O–H groups in total. The van der Waals surface area contributed by atoms with Gasteiger partial charge in [-0.25, -0.2) is 4.79 Å². The first kappa shape index (κ1) is 15.3. The molecule has 0 aromatic heterocycles. The number of fused-ring (bicyclic) bond motifs is 1. The van der Waals surface area contributed by atoms with E-state index in [1.807, 2.05) is 24.3 Å². The van der Waals surface area contributed by atoms with Crippen LogP contribution in [0.3, 0.4) is 0 Å². The summed E-state index contributed by atoms with van der Waals surface area (Å²) in [7, 11) is 1.49. The van der Waals surface area contributed by atoms with Crippen LogP contribution in [-0.2, 0) is 20.7 Å². The topological polar surface area (TPSA) is 84.9 Å². The molecule has 0 bridgehead atoms. The van der Waals surface area contributed by atoms with Crippen molar-refractivity contribution in [3.05, 3.63) is 29.8 Å². The second-order valence-electron chi connectivity index (χ2n) is 5.00. The van der Waals surface area contributed by atoms with Gasteiger partial charge in [-0.1, -0.05) is 18.2 Å². The number of carbonyl (C=O) groups excluding carboxylic acids is 1. The molecule has 0 fully saturated rings. The zero-order chi connectivity index (χ0) is 15.2. The zero-order valence-corrected chi connectivity index (χ0v) is 11.9. The molecule has 1 heterocycles. The summed E-state index contributed by atoms with van der Waals surface area (Å²) in [6.45, 7) is 0.542. The Morgan fingerprint density at radius 2 is 2.24 bits per heavy atom. The Morgan fingerprint density at radius 1 is 1.48 bits per heavy atom. The van der Waals surface area contributed by atoms with Gasteiger partial charge < -0.3 is 19.9 Å². The van der Waals surface area contributed by atoms with E-state index in [0.717, 1.165) is 11.3 Å². The van der Waals surface area contributed by atoms with Crippen LogP contribution < -0.4 is 10.1 Å². The highest BCUT2D eigenvalue weighted by atomic mass is 16.5. The number of para-hydroxylation sites is 1. The fraction of sp³-hybridized carbons (Fsp3) is 0.467. The van der Waals surface area contributed by atoms with Crippen molar-refractivity contribution in [2.24, 2.45) is 5.92 Å². The first-order valence-corrected chi connectivity index (χ1v) is 6.84. The van der Waals surface area contributed by atoms with Crippen molar-refractivity contribution in [2.75, 3.05) is 20.3 Å². The van der Waals surface area contributed by atoms with Crippen molar-refractivity contribution in [3.8, 4) is 5.75 Å². The minimum Gasteiger partial charge on any atom is -0.492 e. The summed E-state index contributed by atoms with van der Waals surface area (Å²) in [5, 5.41) is 11.7. The molecule has 1 aliphatic rings. The number of hydrogen-bond acceptors (Lipinski definition) is 4. The van der Waals surface area contributed by atoms with Crippen LogP contribution in [0.2, 0.25) is 0 Å². The predicted molar refractivity (Wildman–Crippen MR) is 75.2 cm³/mol. The number of amides is 1. The molecule has 1 amide bonds. The molecule has 6 heteroatoms. The van der Waals surface area contributed by atoms with Crippen molar-refractivity contribution in [1.29, 1.82) is 0 Å². The average molecular weight is 293 g/mol. The summed E-state index contributed by atoms with van der Waals surface area (Å²) in [5.74, 6) is -0.939. The maximum atomic E-state index is 12.2. The van der Waals surface area contributed by atoms with Crippen molar-refractivity contribution in [3.63, 3.8) is 0 Å². The van der Waals surface area contributed by atoms with Crippen molar-refractivity contribution in [2.45, 2.75) is 18.9 Å². The van der Waals surface area contributed by atoms with Crippen LogP contribution >= 0.6 is 0 Å². The zero-order valence-electron chi connectivity index (χ0n) is 11.9. The van der Waals surface area contributed by atoms with Gasteiger partial charge in [0.1, 0.15) is 18.4 Å². The molecule has 1 aromatic carbocycles. The molecule has 6 nitrogen and oxygen atoms in total. The fourth-order valence-electron chi connectivity index (χ4n) is 2.28. The lowest BCUT2D eigenvalue weighted by atomic mass is 9.95. The minimum absolute atomic E-state index is 0.238. The van der Waals surface area contributed by atoms with Gasteiger partial charge in [0.2, 0.25) is 5.91 Å². The molecule has 0 unspecified atom stereocenters. The number of carboxylic acids is 1. The Bertz CT molecular complexity index is 517. The first-order chi connectivity index (χ1) is 10.1. The van der Waals surface area contributed by atoms with Crippen LogP contribution in [0, 0.1) is 5.92 Å². The van der Waals surface area contributed by atoms with Gasteiger partial charge in [0.15, 0.2) is 0 Å². The van der Waals surface area contributed by atoms with Crippen molar-refractivity contribution < 1.29 is 24.2 Å². The van der Waals surface area contributed by atoms with Crippen LogP contribution in [-0.4, -0.2) is 43.3 Å². The van der Waals surface area contributed by atoms with E-state index in [4.69, 9.17) is 14.6 Å². The number of methoxy groups -OCH3 is 1. The van der Waals surface area contributed by atoms with Gasteiger partial charge in [-0.3, -0.25) is 4.79 Å².